The zero-order chi connectivity index (χ0) is 12.3. The Kier molecular flexibility index (Phi) is 4.31. The molecule has 0 heterocycles. The fourth-order valence-electron chi connectivity index (χ4n) is 0.848. The van der Waals surface area contributed by atoms with Crippen molar-refractivity contribution in [2.24, 2.45) is 5.41 Å². The van der Waals surface area contributed by atoms with E-state index in [0.717, 1.165) is 0 Å². The van der Waals surface area contributed by atoms with E-state index in [0.29, 0.717) is 0 Å². The smallest absolute Gasteiger partial charge is 0.408 e. The molecule has 0 aliphatic carbocycles. The average Bonchev–Trinajstić information content (AvgIpc) is 1.94. The van der Waals surface area contributed by atoms with Gasteiger partial charge < -0.3 is 10.1 Å². The largest absolute Gasteiger partial charge is 0.444 e. The zero-order valence-corrected chi connectivity index (χ0v) is 10.3. The Bertz CT molecular complexity index is 235. The summed E-state index contributed by atoms with van der Waals surface area (Å²) >= 11 is 0. The van der Waals surface area contributed by atoms with Gasteiger partial charge in [-0.15, -0.1) is 0 Å². The number of hydrogen-bond donors (Lipinski definition) is 1. The molecule has 87 valence electrons. The van der Waals surface area contributed by atoms with Crippen molar-refractivity contribution in [3.8, 4) is 0 Å². The van der Waals surface area contributed by atoms with Crippen LogP contribution in [-0.2, 0) is 9.53 Å². The summed E-state index contributed by atoms with van der Waals surface area (Å²) in [5.41, 5.74) is -0.923. The summed E-state index contributed by atoms with van der Waals surface area (Å²) in [6.07, 6.45) is 1.20. The highest BCUT2D eigenvalue weighted by molar-refractivity contribution is 5.74. The summed E-state index contributed by atoms with van der Waals surface area (Å²) in [5, 5.41) is 2.48. The number of nitrogens with one attached hydrogen (secondary N) is 1. The Morgan fingerprint density at radius 2 is 1.67 bits per heavy atom. The number of rotatable bonds is 2. The first kappa shape index (κ1) is 13.9. The number of alkyl carbamates (subject to hydrolysis) is 1. The third-order valence-electron chi connectivity index (χ3n) is 1.64. The highest BCUT2D eigenvalue weighted by Gasteiger charge is 2.28. The Morgan fingerprint density at radius 3 is 1.93 bits per heavy atom. The molecule has 0 fully saturated rings. The van der Waals surface area contributed by atoms with Crippen LogP contribution in [0.3, 0.4) is 0 Å². The van der Waals surface area contributed by atoms with Crippen LogP contribution in [0.5, 0.6) is 0 Å². The van der Waals surface area contributed by atoms with Gasteiger partial charge in [-0.25, -0.2) is 4.79 Å². The van der Waals surface area contributed by atoms with Crippen LogP contribution in [0.1, 0.15) is 41.5 Å². The van der Waals surface area contributed by atoms with E-state index in [9.17, 15) is 9.59 Å². The predicted octanol–water partition coefficient (Wildman–Crippen LogP) is 2.04. The van der Waals surface area contributed by atoms with Gasteiger partial charge in [-0.3, -0.25) is 4.79 Å². The van der Waals surface area contributed by atoms with E-state index in [2.05, 4.69) is 5.32 Å². The number of amides is 1. The summed E-state index contributed by atoms with van der Waals surface area (Å²) in [6.45, 7) is 10.8. The van der Waals surface area contributed by atoms with Crippen LogP contribution in [0.4, 0.5) is 4.79 Å². The minimum absolute atomic E-state index is 0.362. The molecule has 0 saturated heterocycles. The van der Waals surface area contributed by atoms with Gasteiger partial charge in [0.05, 0.1) is 0 Å². The van der Waals surface area contributed by atoms with Gasteiger partial charge in [-0.1, -0.05) is 20.8 Å². The lowest BCUT2D eigenvalue weighted by Gasteiger charge is -2.27. The Balaban J connectivity index is 4.33. The van der Waals surface area contributed by atoms with Gasteiger partial charge >= 0.3 is 6.09 Å². The molecule has 0 aliphatic heterocycles. The van der Waals surface area contributed by atoms with E-state index in [1.165, 1.54) is 0 Å². The zero-order valence-electron chi connectivity index (χ0n) is 10.3. The van der Waals surface area contributed by atoms with Crippen molar-refractivity contribution < 1.29 is 14.3 Å². The van der Waals surface area contributed by atoms with Gasteiger partial charge in [0, 0.05) is 0 Å². The predicted molar refractivity (Wildman–Crippen MR) is 58.3 cm³/mol. The van der Waals surface area contributed by atoms with Gasteiger partial charge in [0.25, 0.3) is 0 Å². The van der Waals surface area contributed by atoms with E-state index in [-0.39, 0.29) is 5.41 Å². The van der Waals surface area contributed by atoms with Crippen LogP contribution in [0.15, 0.2) is 0 Å². The fourth-order valence-corrected chi connectivity index (χ4v) is 0.848. The van der Waals surface area contributed by atoms with Crippen LogP contribution < -0.4 is 5.32 Å². The highest BCUT2D eigenvalue weighted by atomic mass is 16.6. The van der Waals surface area contributed by atoms with Crippen molar-refractivity contribution in [2.75, 3.05) is 0 Å². The SMILES string of the molecule is CC(C)(C)OC(=O)NC([C]=O)C(C)(C)C. The van der Waals surface area contributed by atoms with E-state index < -0.39 is 17.7 Å². The lowest BCUT2D eigenvalue weighted by Crippen LogP contribution is -2.46. The van der Waals surface area contributed by atoms with Crippen LogP contribution >= 0.6 is 0 Å². The molecular formula is C11H20NO3. The van der Waals surface area contributed by atoms with E-state index in [1.54, 1.807) is 27.1 Å². The standard InChI is InChI=1S/C11H20NO3/c1-10(2,3)8(7-13)12-9(14)15-11(4,5)6/h8H,1-6H3,(H,12,14). The molecule has 0 saturated carbocycles. The molecule has 1 N–H and O–H groups in total. The molecule has 1 radical (unpaired) electrons. The van der Waals surface area contributed by atoms with Gasteiger partial charge in [0.15, 0.2) is 0 Å². The van der Waals surface area contributed by atoms with Crippen molar-refractivity contribution >= 4 is 12.4 Å². The molecule has 0 spiro atoms. The molecule has 15 heavy (non-hydrogen) atoms. The molecule has 1 atom stereocenters. The quantitative estimate of drug-likeness (QED) is 0.765. The monoisotopic (exact) mass is 214 g/mol. The number of carbonyl (C=O) groups excluding carboxylic acids is 2. The van der Waals surface area contributed by atoms with Crippen LogP contribution in [0.25, 0.3) is 0 Å². The third-order valence-corrected chi connectivity index (χ3v) is 1.64. The van der Waals surface area contributed by atoms with Gasteiger partial charge in [-0.05, 0) is 26.2 Å². The van der Waals surface area contributed by atoms with Gasteiger partial charge in [0.1, 0.15) is 11.6 Å². The molecule has 4 nitrogen and oxygen atoms in total. The Morgan fingerprint density at radius 1 is 1.20 bits per heavy atom. The maximum Gasteiger partial charge on any atom is 0.408 e. The molecule has 0 aromatic heterocycles. The highest BCUT2D eigenvalue weighted by Crippen LogP contribution is 2.18. The summed E-state index contributed by atoms with van der Waals surface area (Å²) in [4.78, 5) is 22.0. The molecule has 0 aliphatic rings. The molecule has 0 aromatic carbocycles. The average molecular weight is 214 g/mol. The summed E-state index contributed by atoms with van der Waals surface area (Å²) < 4.78 is 5.04. The minimum Gasteiger partial charge on any atom is -0.444 e. The lowest BCUT2D eigenvalue weighted by molar-refractivity contribution is 0.0490. The summed E-state index contributed by atoms with van der Waals surface area (Å²) in [7, 11) is 0. The van der Waals surface area contributed by atoms with Crippen molar-refractivity contribution in [1.82, 2.24) is 5.32 Å². The topological polar surface area (TPSA) is 55.4 Å². The molecule has 0 rings (SSSR count). The molecule has 4 heteroatoms. The second-order valence-electron chi connectivity index (χ2n) is 5.56. The van der Waals surface area contributed by atoms with Gasteiger partial charge in [-0.2, -0.15) is 0 Å². The van der Waals surface area contributed by atoms with E-state index in [4.69, 9.17) is 4.74 Å². The maximum absolute atomic E-state index is 11.4. The second kappa shape index (κ2) is 4.64. The summed E-state index contributed by atoms with van der Waals surface area (Å²) in [6, 6.07) is -0.660. The van der Waals surface area contributed by atoms with Crippen molar-refractivity contribution in [3.63, 3.8) is 0 Å². The first-order valence-corrected chi connectivity index (χ1v) is 4.93. The Labute approximate surface area is 91.4 Å². The maximum atomic E-state index is 11.4. The first-order chi connectivity index (χ1) is 6.56. The van der Waals surface area contributed by atoms with Crippen LogP contribution in [0, 0.1) is 5.41 Å². The minimum atomic E-state index is -0.660. The number of carbonyl (C=O) groups is 1. The van der Waals surface area contributed by atoms with Crippen LogP contribution in [-0.4, -0.2) is 24.0 Å². The van der Waals surface area contributed by atoms with Crippen molar-refractivity contribution in [1.29, 1.82) is 0 Å². The van der Waals surface area contributed by atoms with Crippen molar-refractivity contribution in [3.05, 3.63) is 0 Å². The number of hydrogen-bond acceptors (Lipinski definition) is 3. The summed E-state index contributed by atoms with van der Waals surface area (Å²) in [5.74, 6) is 0. The molecular weight excluding hydrogens is 194 g/mol. The number of ether oxygens (including phenoxy) is 1. The fraction of sp³-hybridized carbons (Fsp3) is 0.818. The molecule has 0 bridgehead atoms. The molecule has 1 unspecified atom stereocenters. The van der Waals surface area contributed by atoms with Crippen molar-refractivity contribution in [2.45, 2.75) is 53.2 Å². The molecule has 1 amide bonds. The van der Waals surface area contributed by atoms with E-state index in [1.807, 2.05) is 20.8 Å². The van der Waals surface area contributed by atoms with Crippen LogP contribution in [0.2, 0.25) is 0 Å². The van der Waals surface area contributed by atoms with E-state index >= 15 is 0 Å². The lowest BCUT2D eigenvalue weighted by atomic mass is 9.88. The molecule has 0 aromatic rings. The third kappa shape index (κ3) is 6.10. The first-order valence-electron chi connectivity index (χ1n) is 4.93. The Hall–Kier alpha value is -1.06. The normalized spacial score (nSPS) is 14.3. The second-order valence-corrected chi connectivity index (χ2v) is 5.56. The van der Waals surface area contributed by atoms with Gasteiger partial charge in [0.2, 0.25) is 6.29 Å².